The molecule has 0 spiro atoms. The largest absolute Gasteiger partial charge is 0.385 e. The van der Waals surface area contributed by atoms with Gasteiger partial charge in [0.1, 0.15) is 6.10 Å². The smallest absolute Gasteiger partial charge is 0.167 e. The van der Waals surface area contributed by atoms with E-state index in [-0.39, 0.29) is 11.2 Å². The summed E-state index contributed by atoms with van der Waals surface area (Å²) in [6, 6.07) is 0. The second kappa shape index (κ2) is 6.73. The summed E-state index contributed by atoms with van der Waals surface area (Å²) in [5.41, 5.74) is 2.20. The van der Waals surface area contributed by atoms with Crippen molar-refractivity contribution in [2.75, 3.05) is 0 Å². The zero-order valence-electron chi connectivity index (χ0n) is 21.9. The van der Waals surface area contributed by atoms with Gasteiger partial charge in [0, 0.05) is 5.41 Å². The maximum atomic E-state index is 13.0. The Kier molecular flexibility index (Phi) is 4.87. The molecule has 0 bridgehead atoms. The van der Waals surface area contributed by atoms with Crippen LogP contribution in [0.1, 0.15) is 106 Å². The summed E-state index contributed by atoms with van der Waals surface area (Å²) in [6.45, 7) is 21.3. The molecule has 0 aromatic heterocycles. The van der Waals surface area contributed by atoms with Crippen LogP contribution in [0.4, 0.5) is 0 Å². The van der Waals surface area contributed by atoms with Gasteiger partial charge in [0.15, 0.2) is 5.78 Å². The van der Waals surface area contributed by atoms with E-state index in [2.05, 4.69) is 55.0 Å². The monoisotopic (exact) mass is 440 g/mol. The van der Waals surface area contributed by atoms with E-state index in [0.29, 0.717) is 40.4 Å². The van der Waals surface area contributed by atoms with Crippen molar-refractivity contribution in [3.63, 3.8) is 0 Å². The number of ketones is 1. The van der Waals surface area contributed by atoms with Crippen molar-refractivity contribution in [3.05, 3.63) is 12.2 Å². The van der Waals surface area contributed by atoms with Gasteiger partial charge < -0.3 is 5.11 Å². The first-order chi connectivity index (χ1) is 14.7. The van der Waals surface area contributed by atoms with Crippen molar-refractivity contribution in [2.45, 2.75) is 112 Å². The molecular formula is C30H48O2. The third kappa shape index (κ3) is 2.60. The molecule has 0 heterocycles. The highest BCUT2D eigenvalue weighted by Gasteiger charge is 2.71. The Hall–Kier alpha value is -0.630. The van der Waals surface area contributed by atoms with Gasteiger partial charge in [-0.05, 0) is 116 Å². The molecule has 0 amide bonds. The molecule has 5 aliphatic carbocycles. The third-order valence-corrected chi connectivity index (χ3v) is 13.2. The second-order valence-corrected chi connectivity index (χ2v) is 14.6. The Labute approximate surface area is 197 Å². The first-order valence-electron chi connectivity index (χ1n) is 13.6. The number of carbonyl (C=O) groups is 1. The van der Waals surface area contributed by atoms with E-state index in [1.807, 2.05) is 0 Å². The lowest BCUT2D eigenvalue weighted by atomic mass is 9.32. The lowest BCUT2D eigenvalue weighted by molar-refractivity contribution is -0.239. The van der Waals surface area contributed by atoms with Gasteiger partial charge in [-0.1, -0.05) is 53.7 Å². The van der Waals surface area contributed by atoms with Crippen LogP contribution in [-0.4, -0.2) is 17.0 Å². The van der Waals surface area contributed by atoms with E-state index in [0.717, 1.165) is 18.3 Å². The number of rotatable bonds is 1. The number of allylic oxidation sites excluding steroid dienone is 1. The Balaban J connectivity index is 1.56. The van der Waals surface area contributed by atoms with E-state index in [9.17, 15) is 9.90 Å². The Morgan fingerprint density at radius 2 is 1.56 bits per heavy atom. The molecule has 0 aromatic rings. The van der Waals surface area contributed by atoms with Gasteiger partial charge in [-0.3, -0.25) is 4.79 Å². The normalized spacial score (nSPS) is 56.6. The van der Waals surface area contributed by atoms with Crippen LogP contribution in [0.3, 0.4) is 0 Å². The van der Waals surface area contributed by atoms with Gasteiger partial charge in [-0.2, -0.15) is 0 Å². The molecule has 0 saturated heterocycles. The van der Waals surface area contributed by atoms with E-state index < -0.39 is 11.5 Å². The number of hydrogen-bond acceptors (Lipinski definition) is 2. The molecular weight excluding hydrogens is 392 g/mol. The first-order valence-corrected chi connectivity index (χ1v) is 13.6. The zero-order valence-corrected chi connectivity index (χ0v) is 21.9. The van der Waals surface area contributed by atoms with Crippen molar-refractivity contribution in [1.29, 1.82) is 0 Å². The molecule has 0 aromatic carbocycles. The van der Waals surface area contributed by atoms with Crippen LogP contribution in [0.2, 0.25) is 0 Å². The van der Waals surface area contributed by atoms with Crippen LogP contribution < -0.4 is 0 Å². The van der Waals surface area contributed by atoms with Crippen molar-refractivity contribution >= 4 is 5.78 Å². The highest BCUT2D eigenvalue weighted by atomic mass is 16.3. The van der Waals surface area contributed by atoms with Gasteiger partial charge in [-0.25, -0.2) is 0 Å². The second-order valence-electron chi connectivity index (χ2n) is 14.6. The molecule has 32 heavy (non-hydrogen) atoms. The predicted octanol–water partition coefficient (Wildman–Crippen LogP) is 7.20. The van der Waals surface area contributed by atoms with E-state index in [1.54, 1.807) is 0 Å². The van der Waals surface area contributed by atoms with Crippen LogP contribution >= 0.6 is 0 Å². The van der Waals surface area contributed by atoms with Crippen molar-refractivity contribution in [2.24, 2.45) is 56.7 Å². The molecule has 2 heteroatoms. The van der Waals surface area contributed by atoms with Gasteiger partial charge in [-0.15, -0.1) is 0 Å². The SMILES string of the molecule is C=C(C)[C@@H]1CC[C@]2(C)CC[C@]3(C)C(CCC4[C@@]5(C)C[C@@H](O)C(=O)C(C)(C)C5CC[C@]43C)C12. The number of aliphatic hydroxyl groups is 1. The highest BCUT2D eigenvalue weighted by molar-refractivity contribution is 5.89. The third-order valence-electron chi connectivity index (χ3n) is 13.2. The van der Waals surface area contributed by atoms with E-state index in [4.69, 9.17) is 0 Å². The van der Waals surface area contributed by atoms with E-state index in [1.165, 1.54) is 50.5 Å². The maximum absolute atomic E-state index is 13.0. The molecule has 180 valence electrons. The summed E-state index contributed by atoms with van der Waals surface area (Å²) in [5.74, 6) is 3.36. The van der Waals surface area contributed by atoms with Crippen molar-refractivity contribution in [1.82, 2.24) is 0 Å². The minimum absolute atomic E-state index is 0.0575. The molecule has 2 nitrogen and oxygen atoms in total. The predicted molar refractivity (Wildman–Crippen MR) is 131 cm³/mol. The number of hydrogen-bond donors (Lipinski definition) is 1. The Bertz CT molecular complexity index is 842. The van der Waals surface area contributed by atoms with Crippen LogP contribution in [0.15, 0.2) is 12.2 Å². The molecule has 5 saturated carbocycles. The number of Topliss-reactive ketones (excluding diaryl/α,β-unsaturated/α-hetero) is 1. The van der Waals surface area contributed by atoms with E-state index >= 15 is 0 Å². The molecule has 0 radical (unpaired) electrons. The number of carbonyl (C=O) groups excluding carboxylic acids is 1. The van der Waals surface area contributed by atoms with Crippen LogP contribution in [-0.2, 0) is 4.79 Å². The van der Waals surface area contributed by atoms with Crippen LogP contribution in [0.5, 0.6) is 0 Å². The molecule has 4 unspecified atom stereocenters. The lowest BCUT2D eigenvalue weighted by Crippen LogP contribution is -2.67. The zero-order chi connectivity index (χ0) is 23.5. The Morgan fingerprint density at radius 3 is 2.22 bits per heavy atom. The van der Waals surface area contributed by atoms with Gasteiger partial charge in [0.05, 0.1) is 0 Å². The van der Waals surface area contributed by atoms with Gasteiger partial charge in [0.25, 0.3) is 0 Å². The molecule has 0 aliphatic heterocycles. The average Bonchev–Trinajstić information content (AvgIpc) is 3.05. The summed E-state index contributed by atoms with van der Waals surface area (Å²) >= 11 is 0. The first kappa shape index (κ1) is 23.1. The molecule has 5 fully saturated rings. The Morgan fingerprint density at radius 1 is 0.875 bits per heavy atom. The lowest BCUT2D eigenvalue weighted by Gasteiger charge is -2.72. The number of aliphatic hydroxyl groups excluding tert-OH is 1. The molecule has 10 atom stereocenters. The molecule has 1 N–H and O–H groups in total. The highest BCUT2D eigenvalue weighted by Crippen LogP contribution is 2.77. The summed E-state index contributed by atoms with van der Waals surface area (Å²) < 4.78 is 0. The summed E-state index contributed by atoms with van der Waals surface area (Å²) in [7, 11) is 0. The standard InChI is InChI=1S/C30H48O2/c1-18(2)19-11-13-27(5)15-16-29(7)20(24(19)27)9-10-23-28(6)17-21(31)25(32)26(3,4)22(28)12-14-30(23,29)8/h19-24,31H,1,9-17H2,2-8H3/t19-,20?,21+,22?,23?,24?,27+,28-,29+,30+/m0/s1. The quantitative estimate of drug-likeness (QED) is 0.438. The molecule has 5 aliphatic rings. The van der Waals surface area contributed by atoms with Crippen molar-refractivity contribution in [3.8, 4) is 0 Å². The molecule has 5 rings (SSSR count). The van der Waals surface area contributed by atoms with Crippen molar-refractivity contribution < 1.29 is 9.90 Å². The van der Waals surface area contributed by atoms with Gasteiger partial charge in [0.2, 0.25) is 0 Å². The number of fused-ring (bicyclic) bond motifs is 7. The summed E-state index contributed by atoms with van der Waals surface area (Å²) in [5, 5.41) is 10.9. The summed E-state index contributed by atoms with van der Waals surface area (Å²) in [4.78, 5) is 13.0. The van der Waals surface area contributed by atoms with Gasteiger partial charge >= 0.3 is 0 Å². The average molecular weight is 441 g/mol. The minimum atomic E-state index is -0.781. The summed E-state index contributed by atoms with van der Waals surface area (Å²) in [6.07, 6.45) is 10.3. The van der Waals surface area contributed by atoms with Crippen LogP contribution in [0.25, 0.3) is 0 Å². The fourth-order valence-electron chi connectivity index (χ4n) is 11.4. The topological polar surface area (TPSA) is 37.3 Å². The maximum Gasteiger partial charge on any atom is 0.167 e. The minimum Gasteiger partial charge on any atom is -0.385 e. The van der Waals surface area contributed by atoms with Crippen LogP contribution in [0, 0.1) is 56.7 Å². The fourth-order valence-corrected chi connectivity index (χ4v) is 11.4. The fraction of sp³-hybridized carbons (Fsp3) is 0.900.